The first kappa shape index (κ1) is 20.2. The summed E-state index contributed by atoms with van der Waals surface area (Å²) in [6.07, 6.45) is 3.91. The summed E-state index contributed by atoms with van der Waals surface area (Å²) in [5, 5.41) is 3.32. The summed E-state index contributed by atoms with van der Waals surface area (Å²) in [7, 11) is 0. The van der Waals surface area contributed by atoms with Crippen molar-refractivity contribution >= 4 is 11.8 Å². The number of ether oxygens (including phenoxy) is 2. The van der Waals surface area contributed by atoms with Crippen LogP contribution in [-0.4, -0.2) is 25.0 Å². The monoisotopic (exact) mass is 383 g/mol. The standard InChI is InChI=1S/C23H29NO4/c1-4-6-14-28-23(26)20-15(3)24-17-11-9-12-18(25)22(17)21(20)16-10-7-8-13-19(16)27-5-2/h7-8,10,13,21,24H,4-6,9,11-12,14H2,1-3H3. The van der Waals surface area contributed by atoms with Crippen molar-refractivity contribution in [3.8, 4) is 5.75 Å². The molecule has 1 unspecified atom stereocenters. The fourth-order valence-corrected chi connectivity index (χ4v) is 3.96. The minimum atomic E-state index is -0.457. The van der Waals surface area contributed by atoms with Gasteiger partial charge in [0.2, 0.25) is 0 Å². The van der Waals surface area contributed by atoms with E-state index >= 15 is 0 Å². The average molecular weight is 383 g/mol. The molecule has 3 rings (SSSR count). The summed E-state index contributed by atoms with van der Waals surface area (Å²) in [6.45, 7) is 6.76. The fraction of sp³-hybridized carbons (Fsp3) is 0.478. The number of allylic oxidation sites excluding steroid dienone is 3. The van der Waals surface area contributed by atoms with Crippen molar-refractivity contribution in [3.63, 3.8) is 0 Å². The summed E-state index contributed by atoms with van der Waals surface area (Å²) in [6, 6.07) is 7.66. The van der Waals surface area contributed by atoms with Gasteiger partial charge in [-0.2, -0.15) is 0 Å². The number of esters is 1. The largest absolute Gasteiger partial charge is 0.494 e. The van der Waals surface area contributed by atoms with E-state index in [1.165, 1.54) is 0 Å². The van der Waals surface area contributed by atoms with Gasteiger partial charge >= 0.3 is 5.97 Å². The second kappa shape index (κ2) is 9.09. The third-order valence-electron chi connectivity index (χ3n) is 5.26. The molecule has 1 aliphatic heterocycles. The van der Waals surface area contributed by atoms with Crippen LogP contribution in [0.3, 0.4) is 0 Å². The number of hydrogen-bond acceptors (Lipinski definition) is 5. The van der Waals surface area contributed by atoms with Gasteiger partial charge in [-0.15, -0.1) is 0 Å². The Labute approximate surface area is 166 Å². The zero-order valence-electron chi connectivity index (χ0n) is 17.0. The van der Waals surface area contributed by atoms with E-state index in [-0.39, 0.29) is 11.8 Å². The molecule has 5 heteroatoms. The van der Waals surface area contributed by atoms with Gasteiger partial charge in [-0.25, -0.2) is 4.79 Å². The molecule has 0 amide bonds. The lowest BCUT2D eigenvalue weighted by atomic mass is 9.75. The number of para-hydroxylation sites is 1. The highest BCUT2D eigenvalue weighted by molar-refractivity contribution is 6.04. The molecular formula is C23H29NO4. The van der Waals surface area contributed by atoms with Crippen molar-refractivity contribution in [2.75, 3.05) is 13.2 Å². The van der Waals surface area contributed by atoms with Crippen LogP contribution in [-0.2, 0) is 14.3 Å². The number of rotatable bonds is 7. The van der Waals surface area contributed by atoms with Crippen LogP contribution in [0.25, 0.3) is 0 Å². The Balaban J connectivity index is 2.10. The molecule has 1 atom stereocenters. The number of carbonyl (C=O) groups excluding carboxylic acids is 2. The van der Waals surface area contributed by atoms with Crippen LogP contribution >= 0.6 is 0 Å². The molecule has 0 spiro atoms. The van der Waals surface area contributed by atoms with Crippen LogP contribution < -0.4 is 10.1 Å². The van der Waals surface area contributed by atoms with E-state index in [0.29, 0.717) is 36.5 Å². The maximum atomic E-state index is 13.0. The Morgan fingerprint density at radius 3 is 2.75 bits per heavy atom. The SMILES string of the molecule is CCCCOC(=O)C1=C(C)NC2=C(C(=O)CCC2)C1c1ccccc1OCC. The summed E-state index contributed by atoms with van der Waals surface area (Å²) in [4.78, 5) is 25.9. The topological polar surface area (TPSA) is 64.6 Å². The maximum Gasteiger partial charge on any atom is 0.336 e. The first-order valence-corrected chi connectivity index (χ1v) is 10.2. The predicted octanol–water partition coefficient (Wildman–Crippen LogP) is 4.40. The van der Waals surface area contributed by atoms with Crippen LogP contribution in [0.4, 0.5) is 0 Å². The summed E-state index contributed by atoms with van der Waals surface area (Å²) >= 11 is 0. The van der Waals surface area contributed by atoms with Gasteiger partial charge in [0.05, 0.1) is 24.7 Å². The van der Waals surface area contributed by atoms with Gasteiger partial charge in [-0.05, 0) is 39.2 Å². The molecule has 0 aromatic heterocycles. The number of carbonyl (C=O) groups is 2. The first-order valence-electron chi connectivity index (χ1n) is 10.2. The molecule has 1 aliphatic carbocycles. The van der Waals surface area contributed by atoms with Crippen molar-refractivity contribution < 1.29 is 19.1 Å². The highest BCUT2D eigenvalue weighted by atomic mass is 16.5. The van der Waals surface area contributed by atoms with E-state index in [1.54, 1.807) is 0 Å². The second-order valence-electron chi connectivity index (χ2n) is 7.23. The lowest BCUT2D eigenvalue weighted by molar-refractivity contribution is -0.139. The number of dihydropyridines is 1. The van der Waals surface area contributed by atoms with Gasteiger partial charge in [0.15, 0.2) is 5.78 Å². The van der Waals surface area contributed by atoms with Crippen molar-refractivity contribution in [2.24, 2.45) is 0 Å². The molecule has 0 fully saturated rings. The van der Waals surface area contributed by atoms with Gasteiger partial charge in [0.25, 0.3) is 0 Å². The van der Waals surface area contributed by atoms with Crippen LogP contribution in [0.1, 0.15) is 64.4 Å². The molecule has 0 radical (unpaired) electrons. The highest BCUT2D eigenvalue weighted by Crippen LogP contribution is 2.45. The van der Waals surface area contributed by atoms with Crippen molar-refractivity contribution in [2.45, 2.75) is 58.8 Å². The van der Waals surface area contributed by atoms with Gasteiger partial charge < -0.3 is 14.8 Å². The lowest BCUT2D eigenvalue weighted by Crippen LogP contribution is -2.34. The number of nitrogens with one attached hydrogen (secondary N) is 1. The summed E-state index contributed by atoms with van der Waals surface area (Å²) in [5.41, 5.74) is 3.72. The minimum Gasteiger partial charge on any atom is -0.494 e. The van der Waals surface area contributed by atoms with Crippen molar-refractivity contribution in [1.29, 1.82) is 0 Å². The molecule has 1 aromatic rings. The van der Waals surface area contributed by atoms with E-state index in [4.69, 9.17) is 9.47 Å². The predicted molar refractivity (Wildman–Crippen MR) is 108 cm³/mol. The molecule has 1 heterocycles. The van der Waals surface area contributed by atoms with Crippen molar-refractivity contribution in [3.05, 3.63) is 52.4 Å². The van der Waals surface area contributed by atoms with E-state index in [9.17, 15) is 9.59 Å². The average Bonchev–Trinajstić information content (AvgIpc) is 2.68. The third-order valence-corrected chi connectivity index (χ3v) is 5.26. The van der Waals surface area contributed by atoms with E-state index < -0.39 is 5.92 Å². The lowest BCUT2D eigenvalue weighted by Gasteiger charge is -2.34. The number of benzene rings is 1. The molecule has 0 saturated carbocycles. The summed E-state index contributed by atoms with van der Waals surface area (Å²) < 4.78 is 11.4. The molecule has 28 heavy (non-hydrogen) atoms. The quantitative estimate of drug-likeness (QED) is 0.559. The van der Waals surface area contributed by atoms with Crippen LogP contribution in [0, 0.1) is 0 Å². The Kier molecular flexibility index (Phi) is 6.55. The van der Waals surface area contributed by atoms with Crippen LogP contribution in [0.2, 0.25) is 0 Å². The number of Topliss-reactive ketones (excluding diaryl/α,β-unsaturated/α-hetero) is 1. The molecular weight excluding hydrogens is 354 g/mol. The first-order chi connectivity index (χ1) is 13.6. The van der Waals surface area contributed by atoms with Gasteiger partial charge in [0, 0.05) is 29.0 Å². The highest BCUT2D eigenvalue weighted by Gasteiger charge is 2.40. The van der Waals surface area contributed by atoms with E-state index in [0.717, 1.165) is 42.6 Å². The second-order valence-corrected chi connectivity index (χ2v) is 7.23. The van der Waals surface area contributed by atoms with Gasteiger partial charge in [0.1, 0.15) is 5.75 Å². The third kappa shape index (κ3) is 3.98. The maximum absolute atomic E-state index is 13.0. The van der Waals surface area contributed by atoms with Gasteiger partial charge in [-0.1, -0.05) is 31.5 Å². The van der Waals surface area contributed by atoms with Crippen molar-refractivity contribution in [1.82, 2.24) is 5.32 Å². The molecule has 0 saturated heterocycles. The Morgan fingerprint density at radius 1 is 1.21 bits per heavy atom. The zero-order valence-corrected chi connectivity index (χ0v) is 17.0. The number of hydrogen-bond donors (Lipinski definition) is 1. The van der Waals surface area contributed by atoms with Gasteiger partial charge in [-0.3, -0.25) is 4.79 Å². The number of unbranched alkanes of at least 4 members (excludes halogenated alkanes) is 1. The smallest absolute Gasteiger partial charge is 0.336 e. The molecule has 1 aromatic carbocycles. The minimum absolute atomic E-state index is 0.0939. The Morgan fingerprint density at radius 2 is 2.00 bits per heavy atom. The summed E-state index contributed by atoms with van der Waals surface area (Å²) in [5.74, 6) is -0.0224. The molecule has 5 nitrogen and oxygen atoms in total. The molecule has 1 N–H and O–H groups in total. The zero-order chi connectivity index (χ0) is 20.1. The fourth-order valence-electron chi connectivity index (χ4n) is 3.96. The molecule has 150 valence electrons. The van der Waals surface area contributed by atoms with Crippen LogP contribution in [0.15, 0.2) is 46.8 Å². The normalized spacial score (nSPS) is 19.2. The van der Waals surface area contributed by atoms with Crippen LogP contribution in [0.5, 0.6) is 5.75 Å². The molecule has 0 bridgehead atoms. The molecule has 2 aliphatic rings. The van der Waals surface area contributed by atoms with E-state index in [2.05, 4.69) is 12.2 Å². The Bertz CT molecular complexity index is 822. The van der Waals surface area contributed by atoms with E-state index in [1.807, 2.05) is 38.1 Å². The number of ketones is 1. The Hall–Kier alpha value is -2.56.